The fourth-order valence-electron chi connectivity index (χ4n) is 2.92. The average Bonchev–Trinajstić information content (AvgIpc) is 2.55. The molecule has 0 unspecified atom stereocenters. The summed E-state index contributed by atoms with van der Waals surface area (Å²) in [4.78, 5) is 14.5. The number of nitrogens with zero attached hydrogens (tertiary/aromatic N) is 1. The first-order valence-corrected chi connectivity index (χ1v) is 8.23. The summed E-state index contributed by atoms with van der Waals surface area (Å²) in [7, 11) is 3.66. The van der Waals surface area contributed by atoms with E-state index in [0.717, 1.165) is 25.1 Å². The molecular weight excluding hydrogens is 276 g/mol. The van der Waals surface area contributed by atoms with Crippen molar-refractivity contribution in [2.24, 2.45) is 0 Å². The van der Waals surface area contributed by atoms with Gasteiger partial charge in [-0.25, -0.2) is 0 Å². The van der Waals surface area contributed by atoms with E-state index in [2.05, 4.69) is 10.2 Å². The molecule has 0 radical (unpaired) electrons. The number of benzene rings is 1. The average molecular weight is 304 g/mol. The van der Waals surface area contributed by atoms with Crippen molar-refractivity contribution in [3.05, 3.63) is 29.8 Å². The lowest BCUT2D eigenvalue weighted by atomic mass is 9.95. The number of rotatable bonds is 6. The van der Waals surface area contributed by atoms with Crippen molar-refractivity contribution in [3.8, 4) is 5.75 Å². The quantitative estimate of drug-likeness (QED) is 0.878. The van der Waals surface area contributed by atoms with Crippen molar-refractivity contribution in [2.45, 2.75) is 57.7 Å². The number of hydrogen-bond acceptors (Lipinski definition) is 3. The predicted molar refractivity (Wildman–Crippen MR) is 88.9 cm³/mol. The van der Waals surface area contributed by atoms with Crippen LogP contribution in [0, 0.1) is 0 Å². The van der Waals surface area contributed by atoms with Crippen LogP contribution in [0.15, 0.2) is 24.3 Å². The first-order chi connectivity index (χ1) is 10.6. The van der Waals surface area contributed by atoms with E-state index < -0.39 is 0 Å². The Balaban J connectivity index is 1.84. The van der Waals surface area contributed by atoms with Crippen LogP contribution >= 0.6 is 0 Å². The van der Waals surface area contributed by atoms with Gasteiger partial charge in [-0.1, -0.05) is 31.4 Å². The lowest BCUT2D eigenvalue weighted by Gasteiger charge is -2.28. The third-order valence-electron chi connectivity index (χ3n) is 4.58. The van der Waals surface area contributed by atoms with Gasteiger partial charge in [0.25, 0.3) is 0 Å². The minimum absolute atomic E-state index is 0.121. The highest BCUT2D eigenvalue weighted by atomic mass is 16.5. The van der Waals surface area contributed by atoms with Crippen molar-refractivity contribution in [2.75, 3.05) is 14.2 Å². The van der Waals surface area contributed by atoms with Gasteiger partial charge in [-0.15, -0.1) is 0 Å². The van der Waals surface area contributed by atoms with E-state index in [0.29, 0.717) is 6.04 Å². The molecule has 1 N–H and O–H groups in total. The van der Waals surface area contributed by atoms with Gasteiger partial charge in [-0.05, 0) is 44.5 Å². The van der Waals surface area contributed by atoms with Crippen LogP contribution in [0.2, 0.25) is 0 Å². The minimum atomic E-state index is -0.121. The van der Waals surface area contributed by atoms with Crippen LogP contribution in [0.5, 0.6) is 5.75 Å². The molecular formula is C18H28N2O2. The van der Waals surface area contributed by atoms with Crippen LogP contribution in [0.1, 0.15) is 44.6 Å². The van der Waals surface area contributed by atoms with Crippen molar-refractivity contribution in [3.63, 3.8) is 0 Å². The summed E-state index contributed by atoms with van der Waals surface area (Å²) in [6.07, 6.45) is 6.03. The van der Waals surface area contributed by atoms with E-state index in [-0.39, 0.29) is 11.9 Å². The molecule has 1 aliphatic rings. The van der Waals surface area contributed by atoms with Gasteiger partial charge in [0.05, 0.1) is 13.2 Å². The van der Waals surface area contributed by atoms with Gasteiger partial charge in [-0.3, -0.25) is 9.69 Å². The predicted octanol–water partition coefficient (Wildman–Crippen LogP) is 2.96. The second kappa shape index (κ2) is 8.18. The van der Waals surface area contributed by atoms with Gasteiger partial charge < -0.3 is 10.1 Å². The van der Waals surface area contributed by atoms with Crippen LogP contribution < -0.4 is 10.1 Å². The van der Waals surface area contributed by atoms with Crippen LogP contribution in [-0.4, -0.2) is 37.0 Å². The van der Waals surface area contributed by atoms with Crippen molar-refractivity contribution < 1.29 is 9.53 Å². The number of hydrogen-bond donors (Lipinski definition) is 1. The van der Waals surface area contributed by atoms with Gasteiger partial charge >= 0.3 is 0 Å². The summed E-state index contributed by atoms with van der Waals surface area (Å²) in [5.74, 6) is 0.998. The van der Waals surface area contributed by atoms with Gasteiger partial charge in [0, 0.05) is 12.6 Å². The van der Waals surface area contributed by atoms with Crippen LogP contribution in [0.25, 0.3) is 0 Å². The Hall–Kier alpha value is -1.55. The van der Waals surface area contributed by atoms with Crippen molar-refractivity contribution >= 4 is 5.91 Å². The van der Waals surface area contributed by atoms with Gasteiger partial charge in [0.15, 0.2) is 0 Å². The molecule has 22 heavy (non-hydrogen) atoms. The number of methoxy groups -OCH3 is 1. The highest BCUT2D eigenvalue weighted by Crippen LogP contribution is 2.18. The van der Waals surface area contributed by atoms with Crippen LogP contribution in [-0.2, 0) is 11.3 Å². The Bertz CT molecular complexity index is 466. The third kappa shape index (κ3) is 4.73. The summed E-state index contributed by atoms with van der Waals surface area (Å²) in [6, 6.07) is 8.25. The summed E-state index contributed by atoms with van der Waals surface area (Å²) in [5.41, 5.74) is 1.18. The topological polar surface area (TPSA) is 41.6 Å². The van der Waals surface area contributed by atoms with E-state index in [4.69, 9.17) is 4.74 Å². The molecule has 1 atom stereocenters. The Morgan fingerprint density at radius 1 is 1.27 bits per heavy atom. The number of carbonyl (C=O) groups is 1. The first-order valence-electron chi connectivity index (χ1n) is 8.23. The van der Waals surface area contributed by atoms with Gasteiger partial charge in [-0.2, -0.15) is 0 Å². The van der Waals surface area contributed by atoms with Gasteiger partial charge in [0.1, 0.15) is 5.75 Å². The molecule has 4 heteroatoms. The molecule has 4 nitrogen and oxygen atoms in total. The highest BCUT2D eigenvalue weighted by Gasteiger charge is 2.22. The summed E-state index contributed by atoms with van der Waals surface area (Å²) in [5, 5.41) is 3.20. The normalized spacial score (nSPS) is 17.3. The Morgan fingerprint density at radius 3 is 2.50 bits per heavy atom. The Labute approximate surface area is 133 Å². The number of carbonyl (C=O) groups excluding carboxylic acids is 1. The maximum Gasteiger partial charge on any atom is 0.237 e. The fraction of sp³-hybridized carbons (Fsp3) is 0.611. The molecule has 122 valence electrons. The molecule has 0 heterocycles. The van der Waals surface area contributed by atoms with Crippen LogP contribution in [0.4, 0.5) is 0 Å². The molecule has 1 aliphatic carbocycles. The first kappa shape index (κ1) is 16.8. The standard InChI is InChI=1S/C18H28N2O2/c1-14(18(21)19-16-7-5-4-6-8-16)20(2)13-15-9-11-17(22-3)12-10-15/h9-12,14,16H,4-8,13H2,1-3H3,(H,19,21)/t14-/m0/s1. The minimum Gasteiger partial charge on any atom is -0.497 e. The third-order valence-corrected chi connectivity index (χ3v) is 4.58. The SMILES string of the molecule is COc1ccc(CN(C)[C@@H](C)C(=O)NC2CCCCC2)cc1. The molecule has 0 aliphatic heterocycles. The zero-order valence-corrected chi connectivity index (χ0v) is 14.0. The smallest absolute Gasteiger partial charge is 0.237 e. The van der Waals surface area contributed by atoms with E-state index in [1.165, 1.54) is 24.8 Å². The molecule has 0 bridgehead atoms. The summed E-state index contributed by atoms with van der Waals surface area (Å²) in [6.45, 7) is 2.73. The van der Waals surface area contributed by atoms with Crippen molar-refractivity contribution in [1.82, 2.24) is 10.2 Å². The van der Waals surface area contributed by atoms with E-state index in [1.807, 2.05) is 38.2 Å². The second-order valence-corrected chi connectivity index (χ2v) is 6.28. The maximum atomic E-state index is 12.4. The lowest BCUT2D eigenvalue weighted by molar-refractivity contribution is -0.126. The Morgan fingerprint density at radius 2 is 1.91 bits per heavy atom. The number of amides is 1. The maximum absolute atomic E-state index is 12.4. The number of likely N-dealkylation sites (N-methyl/N-ethyl adjacent to an activating group) is 1. The van der Waals surface area contributed by atoms with E-state index in [1.54, 1.807) is 7.11 Å². The molecule has 1 fully saturated rings. The zero-order valence-electron chi connectivity index (χ0n) is 14.0. The van der Waals surface area contributed by atoms with Gasteiger partial charge in [0.2, 0.25) is 5.91 Å². The molecule has 0 aromatic heterocycles. The molecule has 1 saturated carbocycles. The zero-order chi connectivity index (χ0) is 15.9. The van der Waals surface area contributed by atoms with E-state index in [9.17, 15) is 4.79 Å². The highest BCUT2D eigenvalue weighted by molar-refractivity contribution is 5.81. The Kier molecular flexibility index (Phi) is 6.25. The summed E-state index contributed by atoms with van der Waals surface area (Å²) >= 11 is 0. The summed E-state index contributed by atoms with van der Waals surface area (Å²) < 4.78 is 5.17. The number of ether oxygens (including phenoxy) is 1. The molecule has 1 aromatic rings. The molecule has 2 rings (SSSR count). The second-order valence-electron chi connectivity index (χ2n) is 6.28. The fourth-order valence-corrected chi connectivity index (χ4v) is 2.92. The lowest BCUT2D eigenvalue weighted by Crippen LogP contribution is -2.47. The number of nitrogens with one attached hydrogen (secondary N) is 1. The molecule has 0 spiro atoms. The molecule has 0 saturated heterocycles. The monoisotopic (exact) mass is 304 g/mol. The van der Waals surface area contributed by atoms with Crippen LogP contribution in [0.3, 0.4) is 0 Å². The largest absolute Gasteiger partial charge is 0.497 e. The van der Waals surface area contributed by atoms with E-state index >= 15 is 0 Å². The molecule has 1 aromatic carbocycles. The van der Waals surface area contributed by atoms with Crippen molar-refractivity contribution in [1.29, 1.82) is 0 Å². The molecule has 1 amide bonds.